The number of likely N-dealkylation sites (tertiary alicyclic amines) is 1. The first-order valence-electron chi connectivity index (χ1n) is 11.9. The van der Waals surface area contributed by atoms with Gasteiger partial charge in [0, 0.05) is 37.2 Å². The molecule has 1 atom stereocenters. The van der Waals surface area contributed by atoms with Crippen molar-refractivity contribution in [2.75, 3.05) is 19.9 Å². The summed E-state index contributed by atoms with van der Waals surface area (Å²) in [5.74, 6) is 2.39. The van der Waals surface area contributed by atoms with E-state index in [1.165, 1.54) is 5.56 Å². The number of benzene rings is 2. The third kappa shape index (κ3) is 4.48. The van der Waals surface area contributed by atoms with E-state index < -0.39 is 0 Å². The van der Waals surface area contributed by atoms with Crippen LogP contribution < -0.4 is 0 Å². The molecule has 6 rings (SSSR count). The van der Waals surface area contributed by atoms with E-state index >= 15 is 0 Å². The molecule has 1 saturated heterocycles. The van der Waals surface area contributed by atoms with E-state index in [-0.39, 0.29) is 12.9 Å². The highest BCUT2D eigenvalue weighted by Gasteiger charge is 2.25. The summed E-state index contributed by atoms with van der Waals surface area (Å²) in [4.78, 5) is 2.25. The molecular weight excluding hydrogens is 442 g/mol. The lowest BCUT2D eigenvalue weighted by molar-refractivity contribution is 0.0857. The second-order valence-corrected chi connectivity index (χ2v) is 8.95. The molecule has 0 amide bonds. The van der Waals surface area contributed by atoms with Crippen LogP contribution in [0.4, 0.5) is 0 Å². The summed E-state index contributed by atoms with van der Waals surface area (Å²) in [6, 6.07) is 22.2. The fraction of sp³-hybridized carbons (Fsp3) is 0.250. The van der Waals surface area contributed by atoms with Gasteiger partial charge in [-0.3, -0.25) is 4.90 Å². The van der Waals surface area contributed by atoms with Crippen LogP contribution in [0.1, 0.15) is 23.1 Å². The normalized spacial score (nSPS) is 18.1. The SMILES string of the molecule is OC1CCN(Cc2cnn(-c3ccc(C4=C(Cc5ccccc5)OCO4)cc3)c2-c2ccco2)C1. The van der Waals surface area contributed by atoms with Gasteiger partial charge in [0.05, 0.1) is 24.3 Å². The van der Waals surface area contributed by atoms with Crippen molar-refractivity contribution in [3.05, 3.63) is 102 Å². The molecule has 0 aliphatic carbocycles. The van der Waals surface area contributed by atoms with Crippen LogP contribution in [-0.2, 0) is 22.4 Å². The molecule has 1 N–H and O–H groups in total. The molecular formula is C28H27N3O4. The number of aliphatic hydroxyl groups excluding tert-OH is 1. The molecule has 0 spiro atoms. The Morgan fingerprint density at radius 1 is 0.971 bits per heavy atom. The van der Waals surface area contributed by atoms with Gasteiger partial charge in [0.15, 0.2) is 11.5 Å². The van der Waals surface area contributed by atoms with Gasteiger partial charge in [0.25, 0.3) is 0 Å². The van der Waals surface area contributed by atoms with Crippen molar-refractivity contribution in [1.82, 2.24) is 14.7 Å². The molecule has 0 radical (unpaired) electrons. The fourth-order valence-corrected chi connectivity index (χ4v) is 4.78. The second kappa shape index (κ2) is 9.44. The summed E-state index contributed by atoms with van der Waals surface area (Å²) in [5.41, 5.74) is 5.07. The lowest BCUT2D eigenvalue weighted by atomic mass is 10.1. The average molecular weight is 470 g/mol. The first-order chi connectivity index (χ1) is 17.2. The number of β-amino-alcohol motifs (C(OH)–C–C–N with tert-alkyl or cyclic N) is 1. The lowest BCUT2D eigenvalue weighted by Crippen LogP contribution is -2.21. The molecule has 2 aliphatic rings. The highest BCUT2D eigenvalue weighted by Crippen LogP contribution is 2.32. The topological polar surface area (TPSA) is 72.9 Å². The second-order valence-electron chi connectivity index (χ2n) is 8.95. The maximum absolute atomic E-state index is 9.93. The van der Waals surface area contributed by atoms with E-state index in [1.807, 2.05) is 65.5 Å². The Bertz CT molecular complexity index is 1310. The van der Waals surface area contributed by atoms with E-state index in [0.717, 1.165) is 52.8 Å². The Morgan fingerprint density at radius 3 is 2.57 bits per heavy atom. The van der Waals surface area contributed by atoms with E-state index in [2.05, 4.69) is 17.0 Å². The Labute approximate surface area is 203 Å². The van der Waals surface area contributed by atoms with Crippen molar-refractivity contribution >= 4 is 5.76 Å². The molecule has 0 saturated carbocycles. The number of furan rings is 1. The van der Waals surface area contributed by atoms with Crippen molar-refractivity contribution in [1.29, 1.82) is 0 Å². The van der Waals surface area contributed by atoms with Crippen LogP contribution in [0.25, 0.3) is 22.9 Å². The third-order valence-electron chi connectivity index (χ3n) is 6.51. The predicted octanol–water partition coefficient (Wildman–Crippen LogP) is 4.61. The number of allylic oxidation sites excluding steroid dienone is 1. The summed E-state index contributed by atoms with van der Waals surface area (Å²) < 4.78 is 19.3. The van der Waals surface area contributed by atoms with Crippen LogP contribution in [0, 0.1) is 0 Å². The molecule has 1 unspecified atom stereocenters. The third-order valence-corrected chi connectivity index (χ3v) is 6.51. The van der Waals surface area contributed by atoms with Gasteiger partial charge in [-0.15, -0.1) is 0 Å². The number of hydrogen-bond acceptors (Lipinski definition) is 6. The van der Waals surface area contributed by atoms with E-state index in [0.29, 0.717) is 19.5 Å². The zero-order chi connectivity index (χ0) is 23.6. The maximum atomic E-state index is 9.93. The molecule has 178 valence electrons. The van der Waals surface area contributed by atoms with Crippen LogP contribution >= 0.6 is 0 Å². The zero-order valence-corrected chi connectivity index (χ0v) is 19.3. The van der Waals surface area contributed by atoms with Crippen LogP contribution in [0.15, 0.2) is 89.4 Å². The Kier molecular flexibility index (Phi) is 5.86. The molecule has 4 heterocycles. The van der Waals surface area contributed by atoms with Gasteiger partial charge in [-0.05, 0) is 48.4 Å². The van der Waals surface area contributed by atoms with Crippen LogP contribution in [0.5, 0.6) is 0 Å². The number of aliphatic hydroxyl groups is 1. The highest BCUT2D eigenvalue weighted by molar-refractivity contribution is 5.66. The minimum Gasteiger partial charge on any atom is -0.463 e. The van der Waals surface area contributed by atoms with Gasteiger partial charge in [-0.2, -0.15) is 5.10 Å². The molecule has 2 aromatic carbocycles. The van der Waals surface area contributed by atoms with Crippen molar-refractivity contribution in [3.63, 3.8) is 0 Å². The first kappa shape index (κ1) is 21.7. The largest absolute Gasteiger partial charge is 0.463 e. The van der Waals surface area contributed by atoms with Gasteiger partial charge in [0.1, 0.15) is 11.5 Å². The summed E-state index contributed by atoms with van der Waals surface area (Å²) in [5, 5.41) is 14.6. The molecule has 7 nitrogen and oxygen atoms in total. The lowest BCUT2D eigenvalue weighted by Gasteiger charge is -2.15. The van der Waals surface area contributed by atoms with E-state index in [1.54, 1.807) is 6.26 Å². The minimum atomic E-state index is -0.257. The van der Waals surface area contributed by atoms with Crippen molar-refractivity contribution in [3.8, 4) is 17.1 Å². The predicted molar refractivity (Wildman–Crippen MR) is 131 cm³/mol. The van der Waals surface area contributed by atoms with Gasteiger partial charge in [-0.25, -0.2) is 4.68 Å². The molecule has 2 aromatic heterocycles. The molecule has 0 bridgehead atoms. The summed E-state index contributed by atoms with van der Waals surface area (Å²) in [6.45, 7) is 2.50. The average Bonchev–Trinajstić information content (AvgIpc) is 3.68. The van der Waals surface area contributed by atoms with Crippen molar-refractivity contribution < 1.29 is 19.0 Å². The number of aromatic nitrogens is 2. The molecule has 7 heteroatoms. The molecule has 4 aromatic rings. The number of rotatable bonds is 7. The smallest absolute Gasteiger partial charge is 0.230 e. The van der Waals surface area contributed by atoms with E-state index in [4.69, 9.17) is 19.0 Å². The summed E-state index contributed by atoms with van der Waals surface area (Å²) >= 11 is 0. The number of hydrogen-bond donors (Lipinski definition) is 1. The number of ether oxygens (including phenoxy) is 2. The molecule has 2 aliphatic heterocycles. The molecule has 1 fully saturated rings. The summed E-state index contributed by atoms with van der Waals surface area (Å²) in [6.07, 6.45) is 4.81. The summed E-state index contributed by atoms with van der Waals surface area (Å²) in [7, 11) is 0. The highest BCUT2D eigenvalue weighted by atomic mass is 16.7. The Morgan fingerprint density at radius 2 is 1.83 bits per heavy atom. The quantitative estimate of drug-likeness (QED) is 0.426. The van der Waals surface area contributed by atoms with Crippen LogP contribution in [0.2, 0.25) is 0 Å². The fourth-order valence-electron chi connectivity index (χ4n) is 4.78. The van der Waals surface area contributed by atoms with E-state index in [9.17, 15) is 5.11 Å². The van der Waals surface area contributed by atoms with Crippen molar-refractivity contribution in [2.24, 2.45) is 0 Å². The Balaban J connectivity index is 1.29. The van der Waals surface area contributed by atoms with Gasteiger partial charge >= 0.3 is 0 Å². The first-order valence-corrected chi connectivity index (χ1v) is 11.9. The van der Waals surface area contributed by atoms with Crippen LogP contribution in [-0.4, -0.2) is 45.8 Å². The number of nitrogens with zero attached hydrogens (tertiary/aromatic N) is 3. The monoisotopic (exact) mass is 469 g/mol. The maximum Gasteiger partial charge on any atom is 0.230 e. The molecule has 35 heavy (non-hydrogen) atoms. The van der Waals surface area contributed by atoms with Gasteiger partial charge in [-0.1, -0.05) is 30.3 Å². The minimum absolute atomic E-state index is 0.232. The standard InChI is InChI=1S/C28H27N3O4/c32-24-12-13-30(18-24)17-22-16-29-31(27(22)25-7-4-14-33-25)23-10-8-21(9-11-23)28-26(34-19-35-28)15-20-5-2-1-3-6-20/h1-11,14,16,24,32H,12-13,15,17-19H2. The Hall–Kier alpha value is -3.81. The van der Waals surface area contributed by atoms with Crippen molar-refractivity contribution in [2.45, 2.75) is 25.5 Å². The van der Waals surface area contributed by atoms with Gasteiger partial charge < -0.3 is 19.0 Å². The van der Waals surface area contributed by atoms with Crippen LogP contribution in [0.3, 0.4) is 0 Å². The van der Waals surface area contributed by atoms with Gasteiger partial charge in [0.2, 0.25) is 6.79 Å². The zero-order valence-electron chi connectivity index (χ0n) is 19.3.